The second-order valence-electron chi connectivity index (χ2n) is 7.98. The number of aryl methyl sites for hydroxylation is 1. The number of rotatable bonds is 2. The van der Waals surface area contributed by atoms with Crippen molar-refractivity contribution in [2.75, 3.05) is 0 Å². The molecule has 4 rings (SSSR count). The third kappa shape index (κ3) is 2.78. The van der Waals surface area contributed by atoms with E-state index in [9.17, 15) is 4.79 Å². The number of aromatic nitrogens is 1. The molecule has 0 spiro atoms. The highest BCUT2D eigenvalue weighted by molar-refractivity contribution is 5.75. The molecule has 1 aromatic rings. The zero-order valence-electron chi connectivity index (χ0n) is 14.7. The molecule has 3 nitrogen and oxygen atoms in total. The molecule has 3 aliphatic rings. The predicted octanol–water partition coefficient (Wildman–Crippen LogP) is 4.41. The van der Waals surface area contributed by atoms with Crippen molar-refractivity contribution < 1.29 is 9.53 Å². The number of pyridine rings is 1. The van der Waals surface area contributed by atoms with Gasteiger partial charge in [0.2, 0.25) is 0 Å². The molecule has 0 radical (unpaired) electrons. The minimum Gasteiger partial charge on any atom is -0.462 e. The van der Waals surface area contributed by atoms with E-state index in [0.29, 0.717) is 17.8 Å². The van der Waals surface area contributed by atoms with Crippen LogP contribution in [-0.2, 0) is 9.53 Å². The van der Waals surface area contributed by atoms with Gasteiger partial charge in [-0.3, -0.25) is 9.78 Å². The Morgan fingerprint density at radius 1 is 1.25 bits per heavy atom. The second kappa shape index (κ2) is 6.34. The highest BCUT2D eigenvalue weighted by Gasteiger charge is 2.53. The van der Waals surface area contributed by atoms with Crippen LogP contribution in [-0.4, -0.2) is 17.1 Å². The SMILES string of the molecule is Cc1ccc(/C=C/[C@H]2[C@@H]3CCCC[C@H]3C[C@@H]3OC(=O)[C@@H](C)[C@H]23)nc1. The van der Waals surface area contributed by atoms with Crippen LogP contribution in [0.5, 0.6) is 0 Å². The molecular formula is C21H27NO2. The van der Waals surface area contributed by atoms with E-state index in [1.165, 1.54) is 31.2 Å². The Hall–Kier alpha value is -1.64. The lowest BCUT2D eigenvalue weighted by Crippen LogP contribution is -2.43. The molecule has 6 atom stereocenters. The molecule has 3 heteroatoms. The van der Waals surface area contributed by atoms with Crippen molar-refractivity contribution in [1.29, 1.82) is 0 Å². The van der Waals surface area contributed by atoms with Crippen LogP contribution in [0.2, 0.25) is 0 Å². The average molecular weight is 325 g/mol. The zero-order valence-corrected chi connectivity index (χ0v) is 14.7. The summed E-state index contributed by atoms with van der Waals surface area (Å²) in [6, 6.07) is 4.18. The number of hydrogen-bond acceptors (Lipinski definition) is 3. The minimum atomic E-state index is 0.00973. The van der Waals surface area contributed by atoms with Gasteiger partial charge in [0.15, 0.2) is 0 Å². The Morgan fingerprint density at radius 2 is 2.08 bits per heavy atom. The second-order valence-corrected chi connectivity index (χ2v) is 7.98. The largest absolute Gasteiger partial charge is 0.462 e. The zero-order chi connectivity index (χ0) is 16.7. The van der Waals surface area contributed by atoms with Crippen LogP contribution in [0.1, 0.15) is 50.3 Å². The normalized spacial score (nSPS) is 38.7. The fraction of sp³-hybridized carbons (Fsp3) is 0.619. The van der Waals surface area contributed by atoms with Crippen molar-refractivity contribution in [3.05, 3.63) is 35.7 Å². The molecule has 1 saturated heterocycles. The molecule has 0 bridgehead atoms. The monoisotopic (exact) mass is 325 g/mol. The van der Waals surface area contributed by atoms with Gasteiger partial charge >= 0.3 is 5.97 Å². The highest BCUT2D eigenvalue weighted by atomic mass is 16.6. The molecule has 0 unspecified atom stereocenters. The van der Waals surface area contributed by atoms with Crippen molar-refractivity contribution in [3.63, 3.8) is 0 Å². The molecule has 2 aliphatic carbocycles. The number of allylic oxidation sites excluding steroid dienone is 1. The van der Waals surface area contributed by atoms with Gasteiger partial charge in [-0.1, -0.05) is 38.3 Å². The number of carbonyl (C=O) groups excluding carboxylic acids is 1. The van der Waals surface area contributed by atoms with Crippen LogP contribution in [0.3, 0.4) is 0 Å². The van der Waals surface area contributed by atoms with Crippen LogP contribution >= 0.6 is 0 Å². The maximum Gasteiger partial charge on any atom is 0.309 e. The van der Waals surface area contributed by atoms with Gasteiger partial charge in [0.25, 0.3) is 0 Å². The standard InChI is InChI=1S/C21H27NO2/c1-13-7-8-16(22-12-13)9-10-18-17-6-4-3-5-15(17)11-19-20(18)14(2)21(23)24-19/h7-10,12,14-15,17-20H,3-6,11H2,1-2H3/b10-9+/t14-,15-,17+,18-,19-,20+/m0/s1. The number of fused-ring (bicyclic) bond motifs is 2. The lowest BCUT2D eigenvalue weighted by Gasteiger charge is -2.46. The number of carbonyl (C=O) groups is 1. The fourth-order valence-electron chi connectivity index (χ4n) is 5.28. The van der Waals surface area contributed by atoms with E-state index in [0.717, 1.165) is 18.0 Å². The summed E-state index contributed by atoms with van der Waals surface area (Å²) in [6.45, 7) is 4.11. The first-order valence-corrected chi connectivity index (χ1v) is 9.45. The topological polar surface area (TPSA) is 39.2 Å². The van der Waals surface area contributed by atoms with Gasteiger partial charge in [-0.15, -0.1) is 0 Å². The number of ether oxygens (including phenoxy) is 1. The van der Waals surface area contributed by atoms with Crippen molar-refractivity contribution in [2.45, 2.75) is 52.1 Å². The highest BCUT2D eigenvalue weighted by Crippen LogP contribution is 2.52. The van der Waals surface area contributed by atoms with Gasteiger partial charge in [-0.2, -0.15) is 0 Å². The fourth-order valence-corrected chi connectivity index (χ4v) is 5.28. The first-order chi connectivity index (χ1) is 11.6. The first kappa shape index (κ1) is 15.9. The van der Waals surface area contributed by atoms with E-state index < -0.39 is 0 Å². The van der Waals surface area contributed by atoms with Gasteiger partial charge in [0.1, 0.15) is 6.10 Å². The first-order valence-electron chi connectivity index (χ1n) is 9.45. The predicted molar refractivity (Wildman–Crippen MR) is 94.1 cm³/mol. The summed E-state index contributed by atoms with van der Waals surface area (Å²) in [5.74, 6) is 2.25. The maximum absolute atomic E-state index is 12.1. The molecule has 3 fully saturated rings. The Bertz CT molecular complexity index is 636. The van der Waals surface area contributed by atoms with Crippen LogP contribution in [0.15, 0.2) is 24.4 Å². The molecule has 2 saturated carbocycles. The van der Waals surface area contributed by atoms with Crippen molar-refractivity contribution in [1.82, 2.24) is 4.98 Å². The number of hydrogen-bond donors (Lipinski definition) is 0. The van der Waals surface area contributed by atoms with Gasteiger partial charge in [-0.05, 0) is 55.2 Å². The molecule has 0 aromatic carbocycles. The summed E-state index contributed by atoms with van der Waals surface area (Å²) in [5.41, 5.74) is 2.19. The molecule has 128 valence electrons. The summed E-state index contributed by atoms with van der Waals surface area (Å²) in [7, 11) is 0. The van der Waals surface area contributed by atoms with Crippen LogP contribution in [0, 0.1) is 36.5 Å². The van der Waals surface area contributed by atoms with Gasteiger partial charge in [0.05, 0.1) is 11.6 Å². The number of nitrogens with zero attached hydrogens (tertiary/aromatic N) is 1. The van der Waals surface area contributed by atoms with E-state index in [1.807, 2.05) is 6.20 Å². The molecule has 2 heterocycles. The van der Waals surface area contributed by atoms with Crippen molar-refractivity contribution in [2.24, 2.45) is 29.6 Å². The van der Waals surface area contributed by atoms with Crippen LogP contribution in [0.25, 0.3) is 6.08 Å². The maximum atomic E-state index is 12.1. The molecule has 0 amide bonds. The van der Waals surface area contributed by atoms with Gasteiger partial charge in [-0.25, -0.2) is 0 Å². The summed E-state index contributed by atoms with van der Waals surface area (Å²) in [4.78, 5) is 16.6. The van der Waals surface area contributed by atoms with Crippen molar-refractivity contribution in [3.8, 4) is 0 Å². The lowest BCUT2D eigenvalue weighted by molar-refractivity contribution is -0.145. The van der Waals surface area contributed by atoms with Crippen LogP contribution in [0.4, 0.5) is 0 Å². The molecule has 1 aromatic heterocycles. The van der Waals surface area contributed by atoms with Gasteiger partial charge < -0.3 is 4.74 Å². The Kier molecular flexibility index (Phi) is 4.19. The lowest BCUT2D eigenvalue weighted by atomic mass is 9.59. The Labute approximate surface area is 144 Å². The van der Waals surface area contributed by atoms with Gasteiger partial charge in [0, 0.05) is 12.1 Å². The number of esters is 1. The molecule has 0 N–H and O–H groups in total. The summed E-state index contributed by atoms with van der Waals surface area (Å²) >= 11 is 0. The Morgan fingerprint density at radius 3 is 2.88 bits per heavy atom. The quantitative estimate of drug-likeness (QED) is 0.756. The third-order valence-corrected chi connectivity index (χ3v) is 6.51. The van der Waals surface area contributed by atoms with E-state index in [2.05, 4.69) is 43.1 Å². The minimum absolute atomic E-state index is 0.00973. The van der Waals surface area contributed by atoms with Crippen molar-refractivity contribution >= 4 is 12.0 Å². The summed E-state index contributed by atoms with van der Waals surface area (Å²) in [5, 5.41) is 0. The van der Waals surface area contributed by atoms with E-state index in [-0.39, 0.29) is 18.0 Å². The van der Waals surface area contributed by atoms with E-state index in [1.54, 1.807) is 0 Å². The van der Waals surface area contributed by atoms with E-state index in [4.69, 9.17) is 4.74 Å². The van der Waals surface area contributed by atoms with Crippen LogP contribution < -0.4 is 0 Å². The Balaban J connectivity index is 1.63. The average Bonchev–Trinajstić information content (AvgIpc) is 2.87. The molecule has 1 aliphatic heterocycles. The summed E-state index contributed by atoms with van der Waals surface area (Å²) < 4.78 is 5.74. The molecule has 24 heavy (non-hydrogen) atoms. The third-order valence-electron chi connectivity index (χ3n) is 6.51. The smallest absolute Gasteiger partial charge is 0.309 e. The summed E-state index contributed by atoms with van der Waals surface area (Å²) in [6.07, 6.45) is 12.9. The van der Waals surface area contributed by atoms with E-state index >= 15 is 0 Å². The molecular weight excluding hydrogens is 298 g/mol.